The van der Waals surface area contributed by atoms with E-state index in [0.717, 1.165) is 18.1 Å². The second-order valence-corrected chi connectivity index (χ2v) is 14.8. The van der Waals surface area contributed by atoms with Gasteiger partial charge in [-0.15, -0.1) is 0 Å². The molecule has 238 valence electrons. The number of ether oxygens (including phenoxy) is 1. The van der Waals surface area contributed by atoms with Crippen LogP contribution in [0.3, 0.4) is 0 Å². The van der Waals surface area contributed by atoms with E-state index in [1.54, 1.807) is 0 Å². The Hall–Kier alpha value is -1.40. The molecule has 9 heteroatoms. The van der Waals surface area contributed by atoms with Crippen LogP contribution in [0.5, 0.6) is 5.75 Å². The van der Waals surface area contributed by atoms with E-state index >= 15 is 0 Å². The van der Waals surface area contributed by atoms with Gasteiger partial charge in [0.1, 0.15) is 17.8 Å². The van der Waals surface area contributed by atoms with Crippen molar-refractivity contribution in [1.29, 1.82) is 0 Å². The molecular formula is C32H51F6OPS. The Morgan fingerprint density at radius 3 is 1.37 bits per heavy atom. The molecule has 1 unspecified atom stereocenters. The zero-order valence-corrected chi connectivity index (χ0v) is 26.7. The average molecular weight is 629 g/mol. The Labute approximate surface area is 247 Å². The molecular weight excluding hydrogens is 577 g/mol. The van der Waals surface area contributed by atoms with Crippen LogP contribution in [0.1, 0.15) is 115 Å². The first-order valence-electron chi connectivity index (χ1n) is 15.2. The van der Waals surface area contributed by atoms with Gasteiger partial charge in [0.05, 0.1) is 6.61 Å². The Morgan fingerprint density at radius 2 is 0.951 bits per heavy atom. The van der Waals surface area contributed by atoms with Gasteiger partial charge in [-0.3, -0.25) is 0 Å². The second-order valence-electron chi connectivity index (χ2n) is 10.8. The maximum absolute atomic E-state index is 10.7. The van der Waals surface area contributed by atoms with Crippen molar-refractivity contribution in [3.8, 4) is 5.75 Å². The molecule has 0 heterocycles. The molecule has 0 aromatic heterocycles. The third-order valence-electron chi connectivity index (χ3n) is 6.72. The monoisotopic (exact) mass is 628 g/mol. The van der Waals surface area contributed by atoms with E-state index in [1.165, 1.54) is 113 Å². The van der Waals surface area contributed by atoms with Crippen molar-refractivity contribution in [2.24, 2.45) is 0 Å². The van der Waals surface area contributed by atoms with E-state index in [1.807, 2.05) is 0 Å². The molecule has 0 fully saturated rings. The van der Waals surface area contributed by atoms with Crippen LogP contribution in [0.25, 0.3) is 0 Å². The Kier molecular flexibility index (Phi) is 17.4. The fourth-order valence-electron chi connectivity index (χ4n) is 4.52. The molecule has 0 saturated heterocycles. The van der Waals surface area contributed by atoms with Gasteiger partial charge in [0.25, 0.3) is 0 Å². The summed E-state index contributed by atoms with van der Waals surface area (Å²) in [7, 11) is -10.4. The Bertz CT molecular complexity index is 896. The third-order valence-corrected chi connectivity index (χ3v) is 8.56. The Balaban J connectivity index is 0.00000106. The summed E-state index contributed by atoms with van der Waals surface area (Å²) in [5, 5.41) is 0. The van der Waals surface area contributed by atoms with Gasteiger partial charge < -0.3 is 4.74 Å². The quantitative estimate of drug-likeness (QED) is 0.0578. The summed E-state index contributed by atoms with van der Waals surface area (Å²) in [6.07, 6.45) is 24.8. The summed E-state index contributed by atoms with van der Waals surface area (Å²) >= 11 is 0. The molecule has 0 aliphatic rings. The number of rotatable bonds is 21. The molecule has 1 atom stereocenters. The molecule has 0 saturated carbocycles. The van der Waals surface area contributed by atoms with Crippen LogP contribution < -0.4 is 4.74 Å². The zero-order valence-electron chi connectivity index (χ0n) is 25.0. The third kappa shape index (κ3) is 27.2. The summed E-state index contributed by atoms with van der Waals surface area (Å²) in [6, 6.07) is 19.6. The molecule has 0 aliphatic carbocycles. The summed E-state index contributed by atoms with van der Waals surface area (Å²) in [5.74, 6) is 2.13. The first-order valence-corrected chi connectivity index (χ1v) is 19.0. The van der Waals surface area contributed by atoms with Gasteiger partial charge in [-0.25, -0.2) is 0 Å². The van der Waals surface area contributed by atoms with Crippen LogP contribution in [-0.4, -0.2) is 12.9 Å². The molecule has 2 aromatic carbocycles. The minimum absolute atomic E-state index is 0.233. The fraction of sp³-hybridized carbons (Fsp3) is 0.625. The summed E-state index contributed by atoms with van der Waals surface area (Å²) in [5.41, 5.74) is 1.41. The number of hydrogen-bond donors (Lipinski definition) is 0. The van der Waals surface area contributed by atoms with Crippen molar-refractivity contribution in [2.75, 3.05) is 12.9 Å². The molecule has 1 nitrogen and oxygen atoms in total. The molecule has 0 bridgehead atoms. The minimum atomic E-state index is -10.7. The predicted octanol–water partition coefficient (Wildman–Crippen LogP) is 13.5. The number of hydrogen-bond acceptors (Lipinski definition) is 1. The molecule has 0 amide bonds. The number of halogens is 6. The summed E-state index contributed by atoms with van der Waals surface area (Å²) in [6.45, 7) is 3.14. The van der Waals surface area contributed by atoms with Crippen LogP contribution in [0.2, 0.25) is 0 Å². The summed E-state index contributed by atoms with van der Waals surface area (Å²) in [4.78, 5) is 1.42. The molecule has 0 radical (unpaired) electrons. The average Bonchev–Trinajstić information content (AvgIpc) is 2.89. The number of benzene rings is 2. The topological polar surface area (TPSA) is 9.23 Å². The van der Waals surface area contributed by atoms with Crippen molar-refractivity contribution in [1.82, 2.24) is 0 Å². The number of unbranched alkanes of at least 4 members (excludes halogenated alkanes) is 15. The van der Waals surface area contributed by atoms with Gasteiger partial charge in [-0.2, -0.15) is 0 Å². The van der Waals surface area contributed by atoms with Gasteiger partial charge in [0.2, 0.25) is 0 Å². The van der Waals surface area contributed by atoms with Crippen LogP contribution in [0.4, 0.5) is 25.2 Å². The van der Waals surface area contributed by atoms with Crippen molar-refractivity contribution in [2.45, 2.75) is 120 Å². The second kappa shape index (κ2) is 19.0. The molecule has 2 rings (SSSR count). The van der Waals surface area contributed by atoms with E-state index in [-0.39, 0.29) is 10.9 Å². The predicted molar refractivity (Wildman–Crippen MR) is 167 cm³/mol. The van der Waals surface area contributed by atoms with Crippen LogP contribution in [0.15, 0.2) is 59.5 Å². The van der Waals surface area contributed by atoms with Crippen LogP contribution >= 0.6 is 7.81 Å². The molecule has 0 spiro atoms. The molecule has 2 aromatic rings. The van der Waals surface area contributed by atoms with Gasteiger partial charge >= 0.3 is 33.0 Å². The normalized spacial score (nSPS) is 14.0. The van der Waals surface area contributed by atoms with E-state index in [2.05, 4.69) is 67.8 Å². The summed E-state index contributed by atoms with van der Waals surface area (Å²) < 4.78 is 65.2. The van der Waals surface area contributed by atoms with Gasteiger partial charge in [-0.1, -0.05) is 134 Å². The maximum atomic E-state index is 9.87. The standard InChI is InChI=1S/C32H51OS.F6P/c1-3-4-5-6-7-8-9-10-11-12-13-14-15-16-17-21-28-33-31-24-26-32(27-25-31)34(2)29-30-22-19-18-20-23-30;1-7(2,3,4,5)6/h18-20,22-27H,3-17,21,28-29H2,1-2H3;/q+1;-1. The van der Waals surface area contributed by atoms with Gasteiger partial charge in [-0.05, 0) is 30.7 Å². The fourth-order valence-corrected chi connectivity index (χ4v) is 5.98. The SMILES string of the molecule is CCCCCCCCCCCCCCCCCCOc1ccc([S+](C)Cc2ccccc2)cc1.F[P-](F)(F)(F)(F)F. The molecule has 0 aliphatic heterocycles. The van der Waals surface area contributed by atoms with Crippen molar-refractivity contribution < 1.29 is 29.9 Å². The van der Waals surface area contributed by atoms with E-state index < -0.39 is 7.81 Å². The van der Waals surface area contributed by atoms with Crippen LogP contribution in [-0.2, 0) is 16.6 Å². The first kappa shape index (κ1) is 37.6. The first-order chi connectivity index (χ1) is 19.2. The van der Waals surface area contributed by atoms with Crippen molar-refractivity contribution in [3.05, 3.63) is 60.2 Å². The Morgan fingerprint density at radius 1 is 0.561 bits per heavy atom. The van der Waals surface area contributed by atoms with Crippen LogP contribution in [0, 0.1) is 0 Å². The molecule has 41 heavy (non-hydrogen) atoms. The molecule has 0 N–H and O–H groups in total. The van der Waals surface area contributed by atoms with Crippen molar-refractivity contribution in [3.63, 3.8) is 0 Å². The zero-order chi connectivity index (χ0) is 30.5. The van der Waals surface area contributed by atoms with Gasteiger partial charge in [0.15, 0.2) is 4.90 Å². The van der Waals surface area contributed by atoms with Gasteiger partial charge in [0, 0.05) is 16.5 Å². The van der Waals surface area contributed by atoms with E-state index in [4.69, 9.17) is 4.74 Å². The van der Waals surface area contributed by atoms with E-state index in [0.29, 0.717) is 0 Å². The van der Waals surface area contributed by atoms with Crippen molar-refractivity contribution >= 4 is 18.7 Å². The van der Waals surface area contributed by atoms with E-state index in [9.17, 15) is 25.2 Å².